The van der Waals surface area contributed by atoms with Gasteiger partial charge in [0.15, 0.2) is 10.8 Å². The Labute approximate surface area is 120 Å². The molecule has 3 nitrogen and oxygen atoms in total. The Morgan fingerprint density at radius 1 is 1.56 bits per heavy atom. The number of imidazole rings is 1. The highest BCUT2D eigenvalue weighted by molar-refractivity contribution is 9.08. The molecule has 0 spiro atoms. The van der Waals surface area contributed by atoms with Crippen molar-refractivity contribution in [1.29, 1.82) is 0 Å². The summed E-state index contributed by atoms with van der Waals surface area (Å²) >= 11 is 5.31. The van der Waals surface area contributed by atoms with Crippen molar-refractivity contribution >= 4 is 38.0 Å². The molecule has 0 saturated heterocycles. The van der Waals surface area contributed by atoms with Crippen molar-refractivity contribution in [2.24, 2.45) is 5.92 Å². The lowest BCUT2D eigenvalue weighted by Crippen LogP contribution is -2.33. The number of fused-ring (bicyclic) bond motifs is 1. The summed E-state index contributed by atoms with van der Waals surface area (Å²) in [6.45, 7) is 4.44. The second-order valence-electron chi connectivity index (χ2n) is 4.91. The average Bonchev–Trinajstić information content (AvgIpc) is 2.87. The van der Waals surface area contributed by atoms with Gasteiger partial charge in [-0.3, -0.25) is 4.40 Å². The average molecular weight is 328 g/mol. The van der Waals surface area contributed by atoms with E-state index in [4.69, 9.17) is 4.98 Å². The third-order valence-electron chi connectivity index (χ3n) is 3.85. The molecule has 1 aliphatic carbocycles. The van der Waals surface area contributed by atoms with Gasteiger partial charge in [-0.2, -0.15) is 0 Å². The molecular formula is C13H18BrN3S. The number of rotatable bonds is 5. The Bertz CT molecular complexity index is 529. The highest BCUT2D eigenvalue weighted by Crippen LogP contribution is 2.31. The maximum atomic E-state index is 4.80. The predicted molar refractivity (Wildman–Crippen MR) is 80.9 cm³/mol. The van der Waals surface area contributed by atoms with E-state index in [1.54, 1.807) is 11.3 Å². The van der Waals surface area contributed by atoms with Crippen molar-refractivity contribution in [2.45, 2.75) is 31.5 Å². The number of hydrogen-bond donors (Lipinski definition) is 0. The van der Waals surface area contributed by atoms with Crippen LogP contribution in [0.25, 0.3) is 4.96 Å². The summed E-state index contributed by atoms with van der Waals surface area (Å²) in [5.74, 6) is 2.06. The molecule has 1 saturated carbocycles. The van der Waals surface area contributed by atoms with Crippen LogP contribution in [0.5, 0.6) is 0 Å². The normalized spacial score (nSPS) is 16.1. The summed E-state index contributed by atoms with van der Waals surface area (Å²) < 4.78 is 2.21. The molecule has 1 aliphatic rings. The fraction of sp³-hybridized carbons (Fsp3) is 0.615. The van der Waals surface area contributed by atoms with Gasteiger partial charge >= 0.3 is 0 Å². The lowest BCUT2D eigenvalue weighted by Gasteiger charge is -2.32. The minimum atomic E-state index is 0.862. The first-order valence-electron chi connectivity index (χ1n) is 6.58. The molecule has 3 rings (SSSR count). The minimum absolute atomic E-state index is 0.862. The summed E-state index contributed by atoms with van der Waals surface area (Å²) in [5, 5.41) is 2.96. The molecule has 0 bridgehead atoms. The van der Waals surface area contributed by atoms with Gasteiger partial charge < -0.3 is 4.90 Å². The SMILES string of the molecule is CCN(CC1CCC1)c1nc2sccn2c1CBr. The first-order valence-corrected chi connectivity index (χ1v) is 8.59. The molecule has 98 valence electrons. The maximum absolute atomic E-state index is 4.80. The third-order valence-corrected chi connectivity index (χ3v) is 5.14. The summed E-state index contributed by atoms with van der Waals surface area (Å²) in [4.78, 5) is 8.35. The van der Waals surface area contributed by atoms with E-state index in [-0.39, 0.29) is 0 Å². The van der Waals surface area contributed by atoms with Crippen molar-refractivity contribution in [3.63, 3.8) is 0 Å². The van der Waals surface area contributed by atoms with Gasteiger partial charge in [0.1, 0.15) is 0 Å². The smallest absolute Gasteiger partial charge is 0.195 e. The summed E-state index contributed by atoms with van der Waals surface area (Å²) in [5.41, 5.74) is 1.28. The fourth-order valence-corrected chi connectivity index (χ4v) is 3.80. The first-order chi connectivity index (χ1) is 8.83. The van der Waals surface area contributed by atoms with E-state index in [2.05, 4.69) is 43.7 Å². The van der Waals surface area contributed by atoms with Crippen LogP contribution in [-0.4, -0.2) is 22.5 Å². The number of nitrogens with zero attached hydrogens (tertiary/aromatic N) is 3. The van der Waals surface area contributed by atoms with Gasteiger partial charge in [0, 0.05) is 30.0 Å². The minimum Gasteiger partial charge on any atom is -0.355 e. The molecule has 0 aromatic carbocycles. The van der Waals surface area contributed by atoms with Crippen molar-refractivity contribution < 1.29 is 0 Å². The van der Waals surface area contributed by atoms with Crippen molar-refractivity contribution in [3.8, 4) is 0 Å². The third kappa shape index (κ3) is 2.07. The van der Waals surface area contributed by atoms with Crippen LogP contribution in [0.2, 0.25) is 0 Å². The molecule has 0 amide bonds. The highest BCUT2D eigenvalue weighted by atomic mass is 79.9. The second kappa shape index (κ2) is 5.21. The number of halogens is 1. The van der Waals surface area contributed by atoms with Gasteiger partial charge in [-0.1, -0.05) is 22.4 Å². The standard InChI is InChI=1S/C13H18BrN3S/c1-2-16(9-10-4-3-5-10)12-11(8-14)17-6-7-18-13(17)15-12/h6-7,10H,2-5,8-9H2,1H3. The number of hydrogen-bond acceptors (Lipinski definition) is 3. The molecule has 0 atom stereocenters. The second-order valence-corrected chi connectivity index (χ2v) is 6.34. The van der Waals surface area contributed by atoms with Gasteiger partial charge in [-0.25, -0.2) is 4.98 Å². The number of aromatic nitrogens is 2. The molecule has 2 aromatic rings. The van der Waals surface area contributed by atoms with Crippen molar-refractivity contribution in [3.05, 3.63) is 17.3 Å². The van der Waals surface area contributed by atoms with Crippen molar-refractivity contribution in [1.82, 2.24) is 9.38 Å². The fourth-order valence-electron chi connectivity index (χ4n) is 2.55. The van der Waals surface area contributed by atoms with Crippen molar-refractivity contribution in [2.75, 3.05) is 18.0 Å². The van der Waals surface area contributed by atoms with Crippen LogP contribution in [0.15, 0.2) is 11.6 Å². The number of anilines is 1. The largest absolute Gasteiger partial charge is 0.355 e. The molecule has 0 radical (unpaired) electrons. The number of alkyl halides is 1. The zero-order valence-corrected chi connectivity index (χ0v) is 13.0. The first kappa shape index (κ1) is 12.5. The zero-order chi connectivity index (χ0) is 12.5. The summed E-state index contributed by atoms with van der Waals surface area (Å²) in [6.07, 6.45) is 6.31. The van der Waals surface area contributed by atoms with Crippen LogP contribution in [0.4, 0.5) is 5.82 Å². The molecule has 1 fully saturated rings. The zero-order valence-electron chi connectivity index (χ0n) is 10.6. The Morgan fingerprint density at radius 3 is 3.00 bits per heavy atom. The van der Waals surface area contributed by atoms with Crippen LogP contribution >= 0.6 is 27.3 Å². The van der Waals surface area contributed by atoms with E-state index >= 15 is 0 Å². The molecule has 0 aliphatic heterocycles. The van der Waals surface area contributed by atoms with E-state index in [9.17, 15) is 0 Å². The molecule has 5 heteroatoms. The summed E-state index contributed by atoms with van der Waals surface area (Å²) in [6, 6.07) is 0. The van der Waals surface area contributed by atoms with Gasteiger partial charge in [-0.15, -0.1) is 11.3 Å². The van der Waals surface area contributed by atoms with E-state index < -0.39 is 0 Å². The van der Waals surface area contributed by atoms with Gasteiger partial charge in [-0.05, 0) is 25.7 Å². The lowest BCUT2D eigenvalue weighted by atomic mass is 9.85. The quantitative estimate of drug-likeness (QED) is 0.776. The van der Waals surface area contributed by atoms with Crippen LogP contribution in [0.1, 0.15) is 31.9 Å². The van der Waals surface area contributed by atoms with Crippen LogP contribution in [-0.2, 0) is 5.33 Å². The van der Waals surface area contributed by atoms with Gasteiger partial charge in [0.25, 0.3) is 0 Å². The molecule has 2 heterocycles. The van der Waals surface area contributed by atoms with Gasteiger partial charge in [0.2, 0.25) is 0 Å². The highest BCUT2D eigenvalue weighted by Gasteiger charge is 2.23. The lowest BCUT2D eigenvalue weighted by molar-refractivity contribution is 0.318. The topological polar surface area (TPSA) is 20.5 Å². The van der Waals surface area contributed by atoms with Gasteiger partial charge in [0.05, 0.1) is 5.69 Å². The van der Waals surface area contributed by atoms with Crippen LogP contribution in [0, 0.1) is 5.92 Å². The Morgan fingerprint density at radius 2 is 2.39 bits per heavy atom. The van der Waals surface area contributed by atoms with E-state index in [0.29, 0.717) is 0 Å². The van der Waals surface area contributed by atoms with Crippen LogP contribution < -0.4 is 4.90 Å². The van der Waals surface area contributed by atoms with E-state index in [1.807, 2.05) is 0 Å². The van der Waals surface area contributed by atoms with Crippen LogP contribution in [0.3, 0.4) is 0 Å². The van der Waals surface area contributed by atoms with E-state index in [1.165, 1.54) is 37.3 Å². The molecule has 2 aromatic heterocycles. The molecular weight excluding hydrogens is 310 g/mol. The Balaban J connectivity index is 1.91. The maximum Gasteiger partial charge on any atom is 0.195 e. The van der Waals surface area contributed by atoms with E-state index in [0.717, 1.165) is 22.8 Å². The molecule has 0 N–H and O–H groups in total. The predicted octanol–water partition coefficient (Wildman–Crippen LogP) is 3.92. The Hall–Kier alpha value is -0.550. The molecule has 18 heavy (non-hydrogen) atoms. The monoisotopic (exact) mass is 327 g/mol. The Kier molecular flexibility index (Phi) is 3.61. The molecule has 0 unspecified atom stereocenters. The summed E-state index contributed by atoms with van der Waals surface area (Å²) in [7, 11) is 0. The number of thiazole rings is 1.